The van der Waals surface area contributed by atoms with Gasteiger partial charge in [-0.3, -0.25) is 0 Å². The third-order valence-electron chi connectivity index (χ3n) is 6.38. The Hall–Kier alpha value is -0.770. The third-order valence-corrected chi connectivity index (χ3v) is 6.38. The molecule has 0 aromatic heterocycles. The number of nitrogens with one attached hydrogen (secondary N) is 1. The molecule has 0 spiro atoms. The van der Waals surface area contributed by atoms with Crippen molar-refractivity contribution in [3.05, 3.63) is 0 Å². The topological polar surface area (TPSA) is 41.6 Å². The molecular weight excluding hydrogens is 312 g/mol. The highest BCUT2D eigenvalue weighted by Crippen LogP contribution is 2.37. The number of likely N-dealkylation sites (tertiary alicyclic amines) is 1. The molecule has 144 valence electrons. The lowest BCUT2D eigenvalue weighted by Crippen LogP contribution is -2.50. The molecule has 0 aromatic rings. The molecule has 3 fully saturated rings. The quantitative estimate of drug-likeness (QED) is 0.800. The zero-order valence-corrected chi connectivity index (χ0v) is 16.7. The summed E-state index contributed by atoms with van der Waals surface area (Å²) in [7, 11) is 0. The predicted octanol–water partition coefficient (Wildman–Crippen LogP) is 4.72. The fourth-order valence-electron chi connectivity index (χ4n) is 5.33. The first-order valence-electron chi connectivity index (χ1n) is 10.6. The van der Waals surface area contributed by atoms with Gasteiger partial charge in [-0.2, -0.15) is 0 Å². The highest BCUT2D eigenvalue weighted by Gasteiger charge is 2.42. The molecule has 1 N–H and O–H groups in total. The Morgan fingerprint density at radius 1 is 1.04 bits per heavy atom. The lowest BCUT2D eigenvalue weighted by molar-refractivity contribution is 0.0163. The van der Waals surface area contributed by atoms with Gasteiger partial charge in [-0.05, 0) is 71.1 Å². The smallest absolute Gasteiger partial charge is 0.410 e. The standard InChI is InChI=1S/C21H38N2O2/c1-15-8-5-9-16(14-15)22-18-11-6-10-17(18)19-12-7-13-23(19)20(24)25-21(2,3)4/h15-19,22H,5-14H2,1-4H3. The van der Waals surface area contributed by atoms with E-state index in [0.717, 1.165) is 25.3 Å². The van der Waals surface area contributed by atoms with Crippen molar-refractivity contribution in [2.75, 3.05) is 6.54 Å². The van der Waals surface area contributed by atoms with Crippen LogP contribution in [0.5, 0.6) is 0 Å². The number of nitrogens with zero attached hydrogens (tertiary/aromatic N) is 1. The maximum absolute atomic E-state index is 12.7. The Morgan fingerprint density at radius 3 is 2.52 bits per heavy atom. The third kappa shape index (κ3) is 4.90. The van der Waals surface area contributed by atoms with E-state index in [1.54, 1.807) is 0 Å². The van der Waals surface area contributed by atoms with Crippen molar-refractivity contribution in [1.29, 1.82) is 0 Å². The first-order valence-corrected chi connectivity index (χ1v) is 10.6. The number of amides is 1. The van der Waals surface area contributed by atoms with Gasteiger partial charge in [0.2, 0.25) is 0 Å². The molecular formula is C21H38N2O2. The SMILES string of the molecule is CC1CCCC(NC2CCCC2C2CCCN2C(=O)OC(C)(C)C)C1. The second-order valence-corrected chi connectivity index (χ2v) is 9.72. The summed E-state index contributed by atoms with van der Waals surface area (Å²) in [5.74, 6) is 1.46. The minimum atomic E-state index is -0.407. The second kappa shape index (κ2) is 7.85. The Kier molecular flexibility index (Phi) is 5.97. The monoisotopic (exact) mass is 350 g/mol. The lowest BCUT2D eigenvalue weighted by atomic mass is 9.85. The molecule has 0 radical (unpaired) electrons. The molecule has 3 rings (SSSR count). The summed E-state index contributed by atoms with van der Waals surface area (Å²) >= 11 is 0. The highest BCUT2D eigenvalue weighted by molar-refractivity contribution is 5.69. The molecule has 0 aromatic carbocycles. The van der Waals surface area contributed by atoms with Crippen LogP contribution in [0.2, 0.25) is 0 Å². The summed E-state index contributed by atoms with van der Waals surface area (Å²) in [5, 5.41) is 4.00. The van der Waals surface area contributed by atoms with E-state index in [2.05, 4.69) is 12.2 Å². The number of hydrogen-bond acceptors (Lipinski definition) is 3. The number of hydrogen-bond donors (Lipinski definition) is 1. The van der Waals surface area contributed by atoms with Gasteiger partial charge in [0.1, 0.15) is 5.60 Å². The average molecular weight is 351 g/mol. The van der Waals surface area contributed by atoms with Gasteiger partial charge in [-0.25, -0.2) is 4.79 Å². The zero-order valence-electron chi connectivity index (χ0n) is 16.7. The summed E-state index contributed by atoms with van der Waals surface area (Å²) < 4.78 is 5.68. The molecule has 1 saturated heterocycles. The molecule has 25 heavy (non-hydrogen) atoms. The van der Waals surface area contributed by atoms with Crippen LogP contribution in [0, 0.1) is 11.8 Å². The number of carbonyl (C=O) groups excluding carboxylic acids is 1. The van der Waals surface area contributed by atoms with Gasteiger partial charge >= 0.3 is 6.09 Å². The van der Waals surface area contributed by atoms with Gasteiger partial charge in [-0.15, -0.1) is 0 Å². The molecule has 4 nitrogen and oxygen atoms in total. The van der Waals surface area contributed by atoms with E-state index in [9.17, 15) is 4.79 Å². The molecule has 4 heteroatoms. The Bertz CT molecular complexity index is 459. The molecule has 1 amide bonds. The van der Waals surface area contributed by atoms with Crippen LogP contribution in [-0.4, -0.2) is 41.3 Å². The summed E-state index contributed by atoms with van der Waals surface area (Å²) in [4.78, 5) is 14.7. The number of carbonyl (C=O) groups is 1. The molecule has 5 unspecified atom stereocenters. The van der Waals surface area contributed by atoms with Crippen molar-refractivity contribution in [3.8, 4) is 0 Å². The van der Waals surface area contributed by atoms with Crippen LogP contribution in [0.4, 0.5) is 4.79 Å². The minimum Gasteiger partial charge on any atom is -0.444 e. The molecule has 5 atom stereocenters. The minimum absolute atomic E-state index is 0.105. The van der Waals surface area contributed by atoms with Crippen molar-refractivity contribution in [3.63, 3.8) is 0 Å². The first-order chi connectivity index (χ1) is 11.8. The Balaban J connectivity index is 1.61. The van der Waals surface area contributed by atoms with Crippen LogP contribution >= 0.6 is 0 Å². The molecule has 1 heterocycles. The molecule has 0 bridgehead atoms. The summed E-state index contributed by atoms with van der Waals surface area (Å²) in [6, 6.07) is 1.64. The predicted molar refractivity (Wildman–Crippen MR) is 102 cm³/mol. The maximum Gasteiger partial charge on any atom is 0.410 e. The second-order valence-electron chi connectivity index (χ2n) is 9.72. The maximum atomic E-state index is 12.7. The van der Waals surface area contributed by atoms with Crippen LogP contribution < -0.4 is 5.32 Å². The van der Waals surface area contributed by atoms with Crippen molar-refractivity contribution in [2.45, 2.75) is 109 Å². The van der Waals surface area contributed by atoms with E-state index in [1.165, 1.54) is 44.9 Å². The van der Waals surface area contributed by atoms with Gasteiger partial charge in [0.15, 0.2) is 0 Å². The Morgan fingerprint density at radius 2 is 1.80 bits per heavy atom. The van der Waals surface area contributed by atoms with E-state index in [0.29, 0.717) is 24.0 Å². The van der Waals surface area contributed by atoms with E-state index in [4.69, 9.17) is 4.74 Å². The Labute approximate surface area is 154 Å². The fraction of sp³-hybridized carbons (Fsp3) is 0.952. The van der Waals surface area contributed by atoms with Crippen LogP contribution in [0.3, 0.4) is 0 Å². The molecule has 2 aliphatic carbocycles. The summed E-state index contributed by atoms with van der Waals surface area (Å²) in [5.41, 5.74) is -0.407. The van der Waals surface area contributed by atoms with Gasteiger partial charge in [0.25, 0.3) is 0 Å². The van der Waals surface area contributed by atoms with E-state index < -0.39 is 5.60 Å². The number of ether oxygens (including phenoxy) is 1. The first kappa shape index (κ1) is 19.0. The zero-order chi connectivity index (χ0) is 18.0. The van der Waals surface area contributed by atoms with E-state index in [1.807, 2.05) is 25.7 Å². The lowest BCUT2D eigenvalue weighted by Gasteiger charge is -2.37. The summed E-state index contributed by atoms with van der Waals surface area (Å²) in [6.45, 7) is 9.13. The van der Waals surface area contributed by atoms with Crippen LogP contribution in [0.15, 0.2) is 0 Å². The summed E-state index contributed by atoms with van der Waals surface area (Å²) in [6.07, 6.45) is 11.4. The van der Waals surface area contributed by atoms with Crippen LogP contribution in [0.1, 0.15) is 85.5 Å². The average Bonchev–Trinajstić information content (AvgIpc) is 3.13. The van der Waals surface area contributed by atoms with Gasteiger partial charge in [0, 0.05) is 24.7 Å². The van der Waals surface area contributed by atoms with Crippen molar-refractivity contribution in [2.24, 2.45) is 11.8 Å². The van der Waals surface area contributed by atoms with Crippen molar-refractivity contribution < 1.29 is 9.53 Å². The van der Waals surface area contributed by atoms with Gasteiger partial charge in [0.05, 0.1) is 0 Å². The van der Waals surface area contributed by atoms with Gasteiger partial charge < -0.3 is 15.0 Å². The van der Waals surface area contributed by atoms with E-state index >= 15 is 0 Å². The van der Waals surface area contributed by atoms with Gasteiger partial charge in [-0.1, -0.05) is 26.2 Å². The number of rotatable bonds is 3. The van der Waals surface area contributed by atoms with Crippen molar-refractivity contribution >= 4 is 6.09 Å². The van der Waals surface area contributed by atoms with Crippen LogP contribution in [-0.2, 0) is 4.74 Å². The molecule has 1 aliphatic heterocycles. The normalized spacial score (nSPS) is 36.6. The highest BCUT2D eigenvalue weighted by atomic mass is 16.6. The van der Waals surface area contributed by atoms with Crippen molar-refractivity contribution in [1.82, 2.24) is 10.2 Å². The largest absolute Gasteiger partial charge is 0.444 e. The van der Waals surface area contributed by atoms with E-state index in [-0.39, 0.29) is 6.09 Å². The molecule has 3 aliphatic rings. The fourth-order valence-corrected chi connectivity index (χ4v) is 5.33. The molecule has 2 saturated carbocycles. The van der Waals surface area contributed by atoms with Crippen LogP contribution in [0.25, 0.3) is 0 Å².